The molecule has 0 radical (unpaired) electrons. The van der Waals surface area contributed by atoms with Crippen LogP contribution in [0.1, 0.15) is 72.3 Å². The lowest BCUT2D eigenvalue weighted by molar-refractivity contribution is -0.147. The Bertz CT molecular complexity index is 1330. The molecule has 2 heterocycles. The highest BCUT2D eigenvalue weighted by Crippen LogP contribution is 2.29. The Hall–Kier alpha value is -3.75. The quantitative estimate of drug-likeness (QED) is 0.166. The van der Waals surface area contributed by atoms with Crippen LogP contribution in [0.3, 0.4) is 0 Å². The molecule has 4 N–H and O–H groups in total. The van der Waals surface area contributed by atoms with Gasteiger partial charge in [0.05, 0.1) is 55.9 Å². The van der Waals surface area contributed by atoms with E-state index in [1.807, 2.05) is 58.0 Å². The van der Waals surface area contributed by atoms with Gasteiger partial charge in [0.25, 0.3) is 0 Å². The zero-order valence-corrected chi connectivity index (χ0v) is 32.1. The number of carbonyl (C=O) groups excluding carboxylic acids is 5. The molecule has 0 aromatic heterocycles. The summed E-state index contributed by atoms with van der Waals surface area (Å²) in [7, 11) is 4.74. The number of likely N-dealkylation sites (N-methyl/N-ethyl adjacent to an activating group) is 1. The number of ether oxygens (including phenoxy) is 3. The first-order valence-electron chi connectivity index (χ1n) is 18.6. The Labute approximate surface area is 308 Å². The minimum atomic E-state index is -0.881. The van der Waals surface area contributed by atoms with Crippen molar-refractivity contribution < 1.29 is 43.3 Å². The zero-order chi connectivity index (χ0) is 38.5. The molecule has 0 bridgehead atoms. The van der Waals surface area contributed by atoms with Gasteiger partial charge in [0.15, 0.2) is 0 Å². The Morgan fingerprint density at radius 3 is 2.33 bits per heavy atom. The maximum absolute atomic E-state index is 14.1. The molecule has 0 spiro atoms. The predicted molar refractivity (Wildman–Crippen MR) is 195 cm³/mol. The summed E-state index contributed by atoms with van der Waals surface area (Å²) in [4.78, 5) is 69.8. The van der Waals surface area contributed by atoms with Gasteiger partial charge in [-0.05, 0) is 36.7 Å². The number of hydrogen-bond acceptors (Lipinski definition) is 9. The van der Waals surface area contributed by atoms with Gasteiger partial charge in [-0.2, -0.15) is 0 Å². The van der Waals surface area contributed by atoms with Gasteiger partial charge in [-0.25, -0.2) is 4.79 Å². The van der Waals surface area contributed by atoms with E-state index in [-0.39, 0.29) is 61.7 Å². The molecule has 3 rings (SSSR count). The second-order valence-corrected chi connectivity index (χ2v) is 14.5. The maximum atomic E-state index is 14.1. The molecule has 1 aromatic rings. The van der Waals surface area contributed by atoms with Crippen molar-refractivity contribution in [2.24, 2.45) is 17.8 Å². The summed E-state index contributed by atoms with van der Waals surface area (Å²) in [6.45, 7) is 9.84. The number of nitrogens with zero attached hydrogens (tertiary/aromatic N) is 2. The van der Waals surface area contributed by atoms with Gasteiger partial charge in [-0.15, -0.1) is 0 Å². The number of amides is 5. The van der Waals surface area contributed by atoms with E-state index < -0.39 is 54.3 Å². The summed E-state index contributed by atoms with van der Waals surface area (Å²) in [6.07, 6.45) is 0.930. The molecule has 2 saturated heterocycles. The SMILES string of the molecule is CC[C@H](C)[C@@H]([C@@H](CC(=O)N1CCC[C@H]1[C@H](OC)[C@@H](C)C(=O)N[C@H](CO)Cc1ccccc1)OC)N(C)C(=O)[C@@H](NC(=O)C1CCOC(=O)N1)C(C)C. The van der Waals surface area contributed by atoms with Gasteiger partial charge in [0.1, 0.15) is 12.1 Å². The number of alkyl carbamates (subject to hydrolysis) is 1. The second kappa shape index (κ2) is 20.5. The normalized spacial score (nSPS) is 21.5. The van der Waals surface area contributed by atoms with Crippen molar-refractivity contribution in [2.75, 3.05) is 41.0 Å². The predicted octanol–water partition coefficient (Wildman–Crippen LogP) is 2.27. The van der Waals surface area contributed by atoms with Crippen molar-refractivity contribution in [1.29, 1.82) is 0 Å². The van der Waals surface area contributed by atoms with E-state index in [2.05, 4.69) is 16.0 Å². The summed E-state index contributed by atoms with van der Waals surface area (Å²) in [5.74, 6) is -2.16. The number of aliphatic hydroxyl groups is 1. The van der Waals surface area contributed by atoms with Crippen molar-refractivity contribution in [1.82, 2.24) is 25.8 Å². The highest BCUT2D eigenvalue weighted by molar-refractivity contribution is 5.92. The van der Waals surface area contributed by atoms with Crippen molar-refractivity contribution in [3.05, 3.63) is 35.9 Å². The van der Waals surface area contributed by atoms with Crippen LogP contribution in [0.25, 0.3) is 0 Å². The van der Waals surface area contributed by atoms with E-state index in [0.717, 1.165) is 12.0 Å². The minimum absolute atomic E-state index is 0.00683. The van der Waals surface area contributed by atoms with Crippen LogP contribution in [0.4, 0.5) is 4.79 Å². The summed E-state index contributed by atoms with van der Waals surface area (Å²) in [5.41, 5.74) is 0.996. The van der Waals surface area contributed by atoms with Crippen LogP contribution in [0.2, 0.25) is 0 Å². The molecule has 5 amide bonds. The van der Waals surface area contributed by atoms with Crippen molar-refractivity contribution in [3.63, 3.8) is 0 Å². The number of hydrogen-bond donors (Lipinski definition) is 4. The molecule has 2 aliphatic heterocycles. The number of rotatable bonds is 19. The van der Waals surface area contributed by atoms with Crippen LogP contribution in [0, 0.1) is 17.8 Å². The van der Waals surface area contributed by atoms with Gasteiger partial charge in [0, 0.05) is 34.2 Å². The van der Waals surface area contributed by atoms with E-state index in [1.165, 1.54) is 7.11 Å². The Balaban J connectivity index is 1.73. The van der Waals surface area contributed by atoms with Crippen LogP contribution < -0.4 is 16.0 Å². The van der Waals surface area contributed by atoms with Crippen LogP contribution in [0.5, 0.6) is 0 Å². The van der Waals surface area contributed by atoms with Gasteiger partial charge in [-0.3, -0.25) is 19.2 Å². The fraction of sp³-hybridized carbons (Fsp3) is 0.711. The van der Waals surface area contributed by atoms with Gasteiger partial charge in [0.2, 0.25) is 23.6 Å². The van der Waals surface area contributed by atoms with Gasteiger partial charge < -0.3 is 45.1 Å². The topological polar surface area (TPSA) is 176 Å². The van der Waals surface area contributed by atoms with Crippen LogP contribution in [-0.4, -0.2) is 128 Å². The lowest BCUT2D eigenvalue weighted by Gasteiger charge is -2.41. The third-order valence-electron chi connectivity index (χ3n) is 10.6. The summed E-state index contributed by atoms with van der Waals surface area (Å²) < 4.78 is 16.7. The highest BCUT2D eigenvalue weighted by atomic mass is 16.6. The smallest absolute Gasteiger partial charge is 0.407 e. The Morgan fingerprint density at radius 2 is 1.75 bits per heavy atom. The monoisotopic (exact) mass is 731 g/mol. The average Bonchev–Trinajstić information content (AvgIpc) is 3.62. The molecule has 52 heavy (non-hydrogen) atoms. The van der Waals surface area contributed by atoms with E-state index in [1.54, 1.807) is 30.9 Å². The molecular weight excluding hydrogens is 670 g/mol. The fourth-order valence-corrected chi connectivity index (χ4v) is 7.41. The lowest BCUT2D eigenvalue weighted by atomic mass is 9.89. The van der Waals surface area contributed by atoms with Crippen LogP contribution >= 0.6 is 0 Å². The number of nitrogens with one attached hydrogen (secondary N) is 3. The van der Waals surface area contributed by atoms with E-state index in [0.29, 0.717) is 25.8 Å². The van der Waals surface area contributed by atoms with E-state index in [9.17, 15) is 29.1 Å². The van der Waals surface area contributed by atoms with Crippen LogP contribution in [-0.2, 0) is 39.8 Å². The third-order valence-corrected chi connectivity index (χ3v) is 10.6. The number of benzene rings is 1. The first-order chi connectivity index (χ1) is 24.8. The first-order valence-corrected chi connectivity index (χ1v) is 18.6. The molecule has 292 valence electrons. The summed E-state index contributed by atoms with van der Waals surface area (Å²) in [5, 5.41) is 18.3. The molecule has 1 aromatic carbocycles. The maximum Gasteiger partial charge on any atom is 0.407 e. The standard InChI is InChI=1S/C38H61N5O9/c1-9-24(4)33(42(6)37(48)32(23(2)3)41-36(47)28-17-19-52-38(49)40-28)30(50-7)21-31(45)43-18-13-16-29(43)34(51-8)25(5)35(46)39-27(22-44)20-26-14-11-10-12-15-26/h10-12,14-15,23-25,27-30,32-34,44H,9,13,16-22H2,1-8H3,(H,39,46)(H,40,49)(H,41,47)/t24-,25+,27-,28?,29-,30+,32-,33-,34+/m0/s1. The fourth-order valence-electron chi connectivity index (χ4n) is 7.41. The number of aliphatic hydroxyl groups excluding tert-OH is 1. The first kappa shape index (κ1) is 42.7. The molecule has 2 fully saturated rings. The number of cyclic esters (lactones) is 1. The molecule has 9 atom stereocenters. The zero-order valence-electron chi connectivity index (χ0n) is 32.1. The van der Waals surface area contributed by atoms with Crippen molar-refractivity contribution >= 4 is 29.7 Å². The highest BCUT2D eigenvalue weighted by Gasteiger charge is 2.43. The Morgan fingerprint density at radius 1 is 1.06 bits per heavy atom. The molecular formula is C38H61N5O9. The summed E-state index contributed by atoms with van der Waals surface area (Å²) in [6, 6.07) is 6.61. The summed E-state index contributed by atoms with van der Waals surface area (Å²) >= 11 is 0. The van der Waals surface area contributed by atoms with E-state index >= 15 is 0 Å². The van der Waals surface area contributed by atoms with Gasteiger partial charge >= 0.3 is 6.09 Å². The number of likely N-dealkylation sites (tertiary alicyclic amines) is 1. The Kier molecular flexibility index (Phi) is 16.8. The molecule has 1 unspecified atom stereocenters. The van der Waals surface area contributed by atoms with E-state index in [4.69, 9.17) is 14.2 Å². The molecule has 0 saturated carbocycles. The minimum Gasteiger partial charge on any atom is -0.449 e. The lowest BCUT2D eigenvalue weighted by Crippen LogP contribution is -2.60. The largest absolute Gasteiger partial charge is 0.449 e. The van der Waals surface area contributed by atoms with Crippen molar-refractivity contribution in [3.8, 4) is 0 Å². The average molecular weight is 732 g/mol. The van der Waals surface area contributed by atoms with Crippen molar-refractivity contribution in [2.45, 2.75) is 116 Å². The molecule has 14 nitrogen and oxygen atoms in total. The number of carbonyl (C=O) groups is 5. The van der Waals surface area contributed by atoms with Gasteiger partial charge in [-0.1, -0.05) is 71.4 Å². The molecule has 0 aliphatic carbocycles. The second-order valence-electron chi connectivity index (χ2n) is 14.5. The third kappa shape index (κ3) is 11.1. The molecule has 2 aliphatic rings. The molecule has 14 heteroatoms. The number of methoxy groups -OCH3 is 2. The van der Waals surface area contributed by atoms with Crippen LogP contribution in [0.15, 0.2) is 30.3 Å².